The Kier molecular flexibility index (Phi) is 7.40. The standard InChI is InChI=1S/C24H29N5O4S/c1-28-21-19(23(31)29(2)24(28)32)22(27-20(26-21)16-9-11-17(33-3)12-10-16)34-14-18(30)25-13-15-7-5-4-6-8-15/h4-12,19-22,26-27H,13-14H2,1-3H3,(H,25,30). The third-order valence-corrected chi connectivity index (χ3v) is 7.35. The number of hydrogen-bond donors (Lipinski definition) is 3. The summed E-state index contributed by atoms with van der Waals surface area (Å²) in [7, 11) is 4.78. The van der Waals surface area contributed by atoms with E-state index in [1.54, 1.807) is 19.1 Å². The second kappa shape index (κ2) is 10.5. The second-order valence-electron chi connectivity index (χ2n) is 8.29. The number of carbonyl (C=O) groups is 3. The number of carbonyl (C=O) groups excluding carboxylic acids is 3. The van der Waals surface area contributed by atoms with Crippen molar-refractivity contribution in [2.75, 3.05) is 27.0 Å². The van der Waals surface area contributed by atoms with E-state index < -0.39 is 12.1 Å². The molecular weight excluding hydrogens is 454 g/mol. The van der Waals surface area contributed by atoms with Crippen molar-refractivity contribution in [3.8, 4) is 5.75 Å². The van der Waals surface area contributed by atoms with Crippen molar-refractivity contribution in [1.82, 2.24) is 25.8 Å². The first-order chi connectivity index (χ1) is 16.4. The summed E-state index contributed by atoms with van der Waals surface area (Å²) in [6, 6.07) is 16.9. The molecule has 0 aromatic heterocycles. The monoisotopic (exact) mass is 483 g/mol. The van der Waals surface area contributed by atoms with Gasteiger partial charge >= 0.3 is 6.03 Å². The molecule has 9 nitrogen and oxygen atoms in total. The number of amides is 4. The lowest BCUT2D eigenvalue weighted by Gasteiger charge is -2.50. The molecule has 0 saturated carbocycles. The van der Waals surface area contributed by atoms with Gasteiger partial charge in [-0.1, -0.05) is 42.5 Å². The number of thioether (sulfide) groups is 1. The fourth-order valence-electron chi connectivity index (χ4n) is 4.20. The Balaban J connectivity index is 1.49. The molecule has 4 atom stereocenters. The molecule has 2 aliphatic rings. The van der Waals surface area contributed by atoms with Gasteiger partial charge in [0.1, 0.15) is 5.75 Å². The lowest BCUT2D eigenvalue weighted by atomic mass is 9.96. The third-order valence-electron chi connectivity index (χ3n) is 6.13. The molecule has 4 amide bonds. The van der Waals surface area contributed by atoms with Gasteiger partial charge < -0.3 is 15.0 Å². The summed E-state index contributed by atoms with van der Waals surface area (Å²) >= 11 is 1.37. The Labute approximate surface area is 203 Å². The van der Waals surface area contributed by atoms with Crippen LogP contribution in [-0.4, -0.2) is 66.1 Å². The van der Waals surface area contributed by atoms with Crippen molar-refractivity contribution >= 4 is 29.6 Å². The number of hydrogen-bond acceptors (Lipinski definition) is 7. The molecule has 10 heteroatoms. The molecule has 4 rings (SSSR count). The van der Waals surface area contributed by atoms with Gasteiger partial charge in [0.25, 0.3) is 0 Å². The van der Waals surface area contributed by atoms with Gasteiger partial charge in [-0.05, 0) is 23.3 Å². The van der Waals surface area contributed by atoms with Crippen LogP contribution in [0.15, 0.2) is 54.6 Å². The summed E-state index contributed by atoms with van der Waals surface area (Å²) in [5.74, 6) is -0.0249. The van der Waals surface area contributed by atoms with Gasteiger partial charge in [0, 0.05) is 20.6 Å². The molecule has 2 saturated heterocycles. The smallest absolute Gasteiger partial charge is 0.327 e. The highest BCUT2D eigenvalue weighted by atomic mass is 32.2. The number of imide groups is 1. The number of nitrogens with zero attached hydrogens (tertiary/aromatic N) is 2. The zero-order chi connectivity index (χ0) is 24.2. The number of urea groups is 1. The Morgan fingerprint density at radius 2 is 1.76 bits per heavy atom. The molecule has 2 heterocycles. The highest BCUT2D eigenvalue weighted by molar-refractivity contribution is 8.00. The highest BCUT2D eigenvalue weighted by Crippen LogP contribution is 2.34. The summed E-state index contributed by atoms with van der Waals surface area (Å²) in [5.41, 5.74) is 1.95. The third kappa shape index (κ3) is 5.03. The van der Waals surface area contributed by atoms with Gasteiger partial charge in [0.2, 0.25) is 11.8 Å². The van der Waals surface area contributed by atoms with Gasteiger partial charge in [0.05, 0.1) is 36.5 Å². The lowest BCUT2D eigenvalue weighted by Crippen LogP contribution is -2.72. The SMILES string of the molecule is COc1ccc(C2NC(SCC(=O)NCc3ccccc3)C3C(=O)N(C)C(=O)N(C)C3N2)cc1. The number of fused-ring (bicyclic) bond motifs is 1. The fourth-order valence-corrected chi connectivity index (χ4v) is 5.34. The molecule has 0 bridgehead atoms. The van der Waals surface area contributed by atoms with E-state index in [-0.39, 0.29) is 35.1 Å². The molecule has 2 aliphatic heterocycles. The van der Waals surface area contributed by atoms with Crippen molar-refractivity contribution in [2.45, 2.75) is 24.3 Å². The first-order valence-corrected chi connectivity index (χ1v) is 12.1. The van der Waals surface area contributed by atoms with Gasteiger partial charge in [-0.2, -0.15) is 0 Å². The number of rotatable bonds is 7. The molecule has 0 aliphatic carbocycles. The van der Waals surface area contributed by atoms with Gasteiger partial charge in [-0.25, -0.2) is 4.79 Å². The maximum absolute atomic E-state index is 13.1. The summed E-state index contributed by atoms with van der Waals surface area (Å²) in [6.45, 7) is 0.444. The van der Waals surface area contributed by atoms with Crippen LogP contribution in [0.2, 0.25) is 0 Å². The quantitative estimate of drug-likeness (QED) is 0.551. The van der Waals surface area contributed by atoms with E-state index in [1.165, 1.54) is 18.8 Å². The fraction of sp³-hybridized carbons (Fsp3) is 0.375. The zero-order valence-electron chi connectivity index (χ0n) is 19.4. The first kappa shape index (κ1) is 24.1. The molecule has 4 unspecified atom stereocenters. The minimum Gasteiger partial charge on any atom is -0.497 e. The van der Waals surface area contributed by atoms with Crippen LogP contribution in [0, 0.1) is 5.92 Å². The van der Waals surface area contributed by atoms with Crippen LogP contribution < -0.4 is 20.7 Å². The Morgan fingerprint density at radius 1 is 1.06 bits per heavy atom. The van der Waals surface area contributed by atoms with E-state index in [0.717, 1.165) is 21.8 Å². The number of nitrogens with one attached hydrogen (secondary N) is 3. The summed E-state index contributed by atoms with van der Waals surface area (Å²) < 4.78 is 5.25. The van der Waals surface area contributed by atoms with Crippen LogP contribution in [0.3, 0.4) is 0 Å². The summed E-state index contributed by atoms with van der Waals surface area (Å²) in [4.78, 5) is 40.9. The average molecular weight is 484 g/mol. The van der Waals surface area contributed by atoms with E-state index >= 15 is 0 Å². The number of ether oxygens (including phenoxy) is 1. The molecule has 0 radical (unpaired) electrons. The maximum Gasteiger partial charge on any atom is 0.327 e. The minimum absolute atomic E-state index is 0.118. The van der Waals surface area contributed by atoms with Crippen LogP contribution in [0.25, 0.3) is 0 Å². The molecule has 2 fully saturated rings. The zero-order valence-corrected chi connectivity index (χ0v) is 20.2. The summed E-state index contributed by atoms with van der Waals surface area (Å²) in [5, 5.41) is 9.41. The molecule has 3 N–H and O–H groups in total. The average Bonchev–Trinajstić information content (AvgIpc) is 2.88. The highest BCUT2D eigenvalue weighted by Gasteiger charge is 2.51. The molecule has 180 valence electrons. The number of benzene rings is 2. The largest absolute Gasteiger partial charge is 0.497 e. The number of methoxy groups -OCH3 is 1. The van der Waals surface area contributed by atoms with Gasteiger partial charge in [0.15, 0.2) is 0 Å². The molecule has 2 aromatic rings. The summed E-state index contributed by atoms with van der Waals surface area (Å²) in [6.07, 6.45) is -0.821. The van der Waals surface area contributed by atoms with Crippen LogP contribution in [0.1, 0.15) is 17.3 Å². The van der Waals surface area contributed by atoms with Crippen molar-refractivity contribution in [3.63, 3.8) is 0 Å². The minimum atomic E-state index is -0.547. The Hall–Kier alpha value is -3.08. The van der Waals surface area contributed by atoms with Crippen LogP contribution in [0.4, 0.5) is 4.79 Å². The van der Waals surface area contributed by atoms with Gasteiger partial charge in [-0.15, -0.1) is 11.8 Å². The van der Waals surface area contributed by atoms with Crippen LogP contribution in [0.5, 0.6) is 5.75 Å². The Bertz CT molecular complexity index is 1040. The first-order valence-electron chi connectivity index (χ1n) is 11.0. The molecule has 2 aromatic carbocycles. The predicted molar refractivity (Wildman–Crippen MR) is 130 cm³/mol. The van der Waals surface area contributed by atoms with Crippen LogP contribution in [-0.2, 0) is 16.1 Å². The van der Waals surface area contributed by atoms with Gasteiger partial charge in [-0.3, -0.25) is 25.1 Å². The normalized spacial score (nSPS) is 24.6. The molecule has 0 spiro atoms. The predicted octanol–water partition coefficient (Wildman–Crippen LogP) is 1.73. The van der Waals surface area contributed by atoms with E-state index in [1.807, 2.05) is 54.6 Å². The topological polar surface area (TPSA) is 103 Å². The van der Waals surface area contributed by atoms with E-state index in [9.17, 15) is 14.4 Å². The lowest BCUT2D eigenvalue weighted by molar-refractivity contribution is -0.140. The molecular formula is C24H29N5O4S. The van der Waals surface area contributed by atoms with E-state index in [0.29, 0.717) is 6.54 Å². The van der Waals surface area contributed by atoms with Crippen molar-refractivity contribution in [2.24, 2.45) is 5.92 Å². The van der Waals surface area contributed by atoms with Crippen LogP contribution >= 0.6 is 11.8 Å². The van der Waals surface area contributed by atoms with Crippen molar-refractivity contribution in [3.05, 3.63) is 65.7 Å². The Morgan fingerprint density at radius 3 is 2.44 bits per heavy atom. The second-order valence-corrected chi connectivity index (χ2v) is 9.42. The van der Waals surface area contributed by atoms with E-state index in [4.69, 9.17) is 4.74 Å². The van der Waals surface area contributed by atoms with E-state index in [2.05, 4.69) is 16.0 Å². The maximum atomic E-state index is 13.1. The van der Waals surface area contributed by atoms with Crippen molar-refractivity contribution < 1.29 is 19.1 Å². The molecule has 34 heavy (non-hydrogen) atoms. The van der Waals surface area contributed by atoms with Crippen molar-refractivity contribution in [1.29, 1.82) is 0 Å².